The molecular formula is C14H20FNO. The number of fused-ring (bicyclic) bond motifs is 1. The van der Waals surface area contributed by atoms with Crippen LogP contribution in [0.2, 0.25) is 0 Å². The molecular weight excluding hydrogens is 217 g/mol. The normalized spacial score (nSPS) is 12.0. The Kier molecular flexibility index (Phi) is 5.70. The quantitative estimate of drug-likeness (QED) is 0.879. The van der Waals surface area contributed by atoms with Crippen molar-refractivity contribution in [3.8, 4) is 0 Å². The Morgan fingerprint density at radius 3 is 2.71 bits per heavy atom. The number of halogens is 1. The van der Waals surface area contributed by atoms with E-state index in [1.807, 2.05) is 38.1 Å². The average molecular weight is 237 g/mol. The highest BCUT2D eigenvalue weighted by Crippen LogP contribution is 2.17. The lowest BCUT2D eigenvalue weighted by molar-refractivity contribution is 0.389. The molecule has 0 aliphatic carbocycles. The van der Waals surface area contributed by atoms with Crippen LogP contribution in [0.3, 0.4) is 0 Å². The van der Waals surface area contributed by atoms with E-state index in [4.69, 9.17) is 4.42 Å². The Hall–Kier alpha value is -1.35. The van der Waals surface area contributed by atoms with Gasteiger partial charge in [0.2, 0.25) is 0 Å². The summed E-state index contributed by atoms with van der Waals surface area (Å²) >= 11 is 0. The standard InChI is InChI=1S/C12H14FNO.C2H6/c1-14-11(8-13)7-9-2-3-12-10(6-9)4-5-15-12;1-2/h2-6,11,14H,7-8H2,1H3;1-2H3. The van der Waals surface area contributed by atoms with Gasteiger partial charge in [-0.3, -0.25) is 0 Å². The molecule has 1 N–H and O–H groups in total. The highest BCUT2D eigenvalue weighted by molar-refractivity contribution is 5.77. The van der Waals surface area contributed by atoms with Crippen LogP contribution in [0.25, 0.3) is 11.0 Å². The topological polar surface area (TPSA) is 25.2 Å². The summed E-state index contributed by atoms with van der Waals surface area (Å²) < 4.78 is 17.8. The SMILES string of the molecule is CC.CNC(CF)Cc1ccc2occc2c1. The van der Waals surface area contributed by atoms with Crippen molar-refractivity contribution in [2.45, 2.75) is 26.3 Å². The summed E-state index contributed by atoms with van der Waals surface area (Å²) in [6.07, 6.45) is 2.37. The molecule has 0 radical (unpaired) electrons. The van der Waals surface area contributed by atoms with Gasteiger partial charge in [-0.2, -0.15) is 0 Å². The van der Waals surface area contributed by atoms with Crippen LogP contribution in [-0.4, -0.2) is 19.8 Å². The van der Waals surface area contributed by atoms with E-state index < -0.39 is 0 Å². The maximum Gasteiger partial charge on any atom is 0.133 e. The molecule has 0 amide bonds. The van der Waals surface area contributed by atoms with E-state index in [1.165, 1.54) is 0 Å². The fourth-order valence-electron chi connectivity index (χ4n) is 1.66. The second kappa shape index (κ2) is 7.07. The molecule has 0 fully saturated rings. The maximum absolute atomic E-state index is 12.5. The minimum atomic E-state index is -0.347. The Morgan fingerprint density at radius 2 is 2.06 bits per heavy atom. The number of alkyl halides is 1. The zero-order valence-electron chi connectivity index (χ0n) is 10.7. The van der Waals surface area contributed by atoms with Crippen LogP contribution in [0, 0.1) is 0 Å². The molecule has 0 aliphatic rings. The fraction of sp³-hybridized carbons (Fsp3) is 0.429. The van der Waals surface area contributed by atoms with Crippen molar-refractivity contribution in [2.24, 2.45) is 0 Å². The van der Waals surface area contributed by atoms with Crippen molar-refractivity contribution in [2.75, 3.05) is 13.7 Å². The summed E-state index contributed by atoms with van der Waals surface area (Å²) in [5, 5.41) is 4.01. The molecule has 0 bridgehead atoms. The van der Waals surface area contributed by atoms with Crippen molar-refractivity contribution in [3.63, 3.8) is 0 Å². The van der Waals surface area contributed by atoms with Gasteiger partial charge in [0, 0.05) is 11.4 Å². The number of furan rings is 1. The lowest BCUT2D eigenvalue weighted by Crippen LogP contribution is -2.29. The molecule has 0 spiro atoms. The van der Waals surface area contributed by atoms with Gasteiger partial charge in [0.15, 0.2) is 0 Å². The lowest BCUT2D eigenvalue weighted by Gasteiger charge is -2.11. The number of nitrogens with one attached hydrogen (secondary N) is 1. The van der Waals surface area contributed by atoms with Gasteiger partial charge in [0.05, 0.1) is 6.26 Å². The van der Waals surface area contributed by atoms with Crippen LogP contribution in [0.15, 0.2) is 34.9 Å². The molecule has 1 aromatic heterocycles. The number of benzene rings is 1. The van der Waals surface area contributed by atoms with Gasteiger partial charge in [0.25, 0.3) is 0 Å². The average Bonchev–Trinajstić information content (AvgIpc) is 2.85. The van der Waals surface area contributed by atoms with Crippen molar-refractivity contribution < 1.29 is 8.81 Å². The third kappa shape index (κ3) is 3.56. The second-order valence-corrected chi connectivity index (χ2v) is 3.64. The summed E-state index contributed by atoms with van der Waals surface area (Å²) in [6.45, 7) is 3.65. The van der Waals surface area contributed by atoms with E-state index in [1.54, 1.807) is 13.3 Å². The number of hydrogen-bond donors (Lipinski definition) is 1. The van der Waals surface area contributed by atoms with E-state index >= 15 is 0 Å². The van der Waals surface area contributed by atoms with E-state index in [9.17, 15) is 4.39 Å². The summed E-state index contributed by atoms with van der Waals surface area (Å²) in [4.78, 5) is 0. The molecule has 2 nitrogen and oxygen atoms in total. The van der Waals surface area contributed by atoms with E-state index in [2.05, 4.69) is 5.32 Å². The number of hydrogen-bond acceptors (Lipinski definition) is 2. The van der Waals surface area contributed by atoms with Crippen molar-refractivity contribution in [1.82, 2.24) is 5.32 Å². The zero-order valence-corrected chi connectivity index (χ0v) is 10.7. The maximum atomic E-state index is 12.5. The fourth-order valence-corrected chi connectivity index (χ4v) is 1.66. The highest BCUT2D eigenvalue weighted by atomic mass is 19.1. The van der Waals surface area contributed by atoms with Gasteiger partial charge in [-0.05, 0) is 37.2 Å². The minimum Gasteiger partial charge on any atom is -0.464 e. The predicted molar refractivity (Wildman–Crippen MR) is 70.1 cm³/mol. The zero-order chi connectivity index (χ0) is 12.7. The largest absolute Gasteiger partial charge is 0.464 e. The molecule has 1 heterocycles. The van der Waals surface area contributed by atoms with Gasteiger partial charge in [0.1, 0.15) is 12.3 Å². The van der Waals surface area contributed by atoms with Crippen molar-refractivity contribution in [1.29, 1.82) is 0 Å². The van der Waals surface area contributed by atoms with Gasteiger partial charge in [-0.25, -0.2) is 4.39 Å². The Morgan fingerprint density at radius 1 is 1.29 bits per heavy atom. The molecule has 1 aromatic carbocycles. The summed E-state index contributed by atoms with van der Waals surface area (Å²) in [5.74, 6) is 0. The summed E-state index contributed by atoms with van der Waals surface area (Å²) in [5.41, 5.74) is 2.00. The van der Waals surface area contributed by atoms with E-state index in [0.717, 1.165) is 16.5 Å². The predicted octanol–water partition coefficient (Wildman–Crippen LogP) is 3.56. The minimum absolute atomic E-state index is 0.102. The van der Waals surface area contributed by atoms with Gasteiger partial charge in [-0.1, -0.05) is 19.9 Å². The van der Waals surface area contributed by atoms with Crippen LogP contribution in [0.1, 0.15) is 19.4 Å². The molecule has 94 valence electrons. The lowest BCUT2D eigenvalue weighted by atomic mass is 10.1. The molecule has 0 saturated heterocycles. The van der Waals surface area contributed by atoms with E-state index in [0.29, 0.717) is 6.42 Å². The first kappa shape index (κ1) is 13.7. The van der Waals surface area contributed by atoms with Crippen molar-refractivity contribution >= 4 is 11.0 Å². The smallest absolute Gasteiger partial charge is 0.133 e. The molecule has 0 aliphatic heterocycles. The highest BCUT2D eigenvalue weighted by Gasteiger charge is 2.07. The van der Waals surface area contributed by atoms with Gasteiger partial charge >= 0.3 is 0 Å². The monoisotopic (exact) mass is 237 g/mol. The number of likely N-dealkylation sites (N-methyl/N-ethyl adjacent to an activating group) is 1. The van der Waals surface area contributed by atoms with Crippen LogP contribution in [0.5, 0.6) is 0 Å². The number of rotatable bonds is 4. The Bertz CT molecular complexity index is 434. The third-order valence-electron chi connectivity index (χ3n) is 2.59. The van der Waals surface area contributed by atoms with Gasteiger partial charge < -0.3 is 9.73 Å². The molecule has 3 heteroatoms. The van der Waals surface area contributed by atoms with Crippen molar-refractivity contribution in [3.05, 3.63) is 36.1 Å². The molecule has 17 heavy (non-hydrogen) atoms. The Balaban J connectivity index is 0.000000686. The summed E-state index contributed by atoms with van der Waals surface area (Å²) in [7, 11) is 1.78. The molecule has 1 unspecified atom stereocenters. The van der Waals surface area contributed by atoms with Crippen LogP contribution in [-0.2, 0) is 6.42 Å². The first-order chi connectivity index (χ1) is 8.33. The van der Waals surface area contributed by atoms with Crippen LogP contribution < -0.4 is 5.32 Å². The summed E-state index contributed by atoms with van der Waals surface area (Å²) in [6, 6.07) is 7.76. The Labute approximate surface area is 102 Å². The molecule has 1 atom stereocenters. The van der Waals surface area contributed by atoms with E-state index in [-0.39, 0.29) is 12.7 Å². The third-order valence-corrected chi connectivity index (χ3v) is 2.59. The first-order valence-electron chi connectivity index (χ1n) is 6.03. The molecule has 2 aromatic rings. The second-order valence-electron chi connectivity index (χ2n) is 3.64. The van der Waals surface area contributed by atoms with Crippen LogP contribution in [0.4, 0.5) is 4.39 Å². The molecule has 2 rings (SSSR count). The van der Waals surface area contributed by atoms with Gasteiger partial charge in [-0.15, -0.1) is 0 Å². The van der Waals surface area contributed by atoms with Crippen LogP contribution >= 0.6 is 0 Å². The first-order valence-corrected chi connectivity index (χ1v) is 6.03. The molecule has 0 saturated carbocycles.